The molecule has 0 saturated carbocycles. The van der Waals surface area contributed by atoms with Gasteiger partial charge in [0.05, 0.1) is 6.54 Å². The fourth-order valence-electron chi connectivity index (χ4n) is 4.13. The van der Waals surface area contributed by atoms with E-state index in [0.29, 0.717) is 13.1 Å². The molecule has 1 rings (SSSR count). The van der Waals surface area contributed by atoms with Gasteiger partial charge in [0.25, 0.3) is 0 Å². The topological polar surface area (TPSA) is 126 Å². The molecule has 3 unspecified atom stereocenters. The minimum atomic E-state index is -1.05. The Morgan fingerprint density at radius 1 is 1.03 bits per heavy atom. The van der Waals surface area contributed by atoms with Gasteiger partial charge < -0.3 is 20.4 Å². The van der Waals surface area contributed by atoms with Crippen LogP contribution in [-0.4, -0.2) is 69.9 Å². The normalized spacial score (nSPS) is 20.6. The Kier molecular flexibility index (Phi) is 13.7. The Bertz CT molecular complexity index is 525. The van der Waals surface area contributed by atoms with E-state index < -0.39 is 30.8 Å². The molecular formula is C21H40N2O6. The van der Waals surface area contributed by atoms with Crippen molar-refractivity contribution in [3.05, 3.63) is 0 Å². The van der Waals surface area contributed by atoms with Gasteiger partial charge in [0, 0.05) is 13.3 Å². The summed E-state index contributed by atoms with van der Waals surface area (Å²) in [5.41, 5.74) is 0. The predicted molar refractivity (Wildman–Crippen MR) is 111 cm³/mol. The van der Waals surface area contributed by atoms with Crippen LogP contribution in [0, 0.1) is 0 Å². The summed E-state index contributed by atoms with van der Waals surface area (Å²) in [5, 5.41) is 18.6. The quantitative estimate of drug-likeness (QED) is 0.290. The van der Waals surface area contributed by atoms with Gasteiger partial charge in [-0.15, -0.1) is 0 Å². The van der Waals surface area contributed by atoms with Gasteiger partial charge in [0.2, 0.25) is 5.84 Å². The molecule has 29 heavy (non-hydrogen) atoms. The number of unbranched alkanes of at least 4 members (excludes halogenated alkanes) is 8. The highest BCUT2D eigenvalue weighted by molar-refractivity contribution is 5.81. The molecule has 1 heterocycles. The third-order valence-electron chi connectivity index (χ3n) is 5.89. The lowest BCUT2D eigenvalue weighted by Crippen LogP contribution is -2.65. The van der Waals surface area contributed by atoms with Gasteiger partial charge in [-0.3, -0.25) is 0 Å². The molecule has 3 N–H and O–H groups in total. The van der Waals surface area contributed by atoms with Crippen molar-refractivity contribution >= 4 is 17.8 Å². The van der Waals surface area contributed by atoms with E-state index in [4.69, 9.17) is 9.84 Å². The van der Waals surface area contributed by atoms with E-state index in [9.17, 15) is 14.7 Å². The molecule has 170 valence electrons. The molecule has 0 radical (unpaired) electrons. The monoisotopic (exact) mass is 416 g/mol. The average molecular weight is 417 g/mol. The molecule has 1 aliphatic rings. The largest absolute Gasteiger partial charge is 0.870 e. The van der Waals surface area contributed by atoms with E-state index in [0.717, 1.165) is 25.1 Å². The number of amidine groups is 1. The number of hydrogen-bond donors (Lipinski definition) is 2. The maximum absolute atomic E-state index is 11.8. The number of carbonyl (C=O) groups is 2. The summed E-state index contributed by atoms with van der Waals surface area (Å²) < 4.78 is 5.62. The fraction of sp³-hybridized carbons (Fsp3) is 0.857. The number of rotatable bonds is 16. The first kappa shape index (κ1) is 27.5. The number of quaternary nitrogens is 1. The van der Waals surface area contributed by atoms with E-state index in [-0.39, 0.29) is 9.96 Å². The van der Waals surface area contributed by atoms with Crippen molar-refractivity contribution in [2.24, 2.45) is 4.99 Å². The molecule has 0 saturated heterocycles. The molecule has 0 amide bonds. The zero-order valence-electron chi connectivity index (χ0n) is 18.3. The molecule has 0 bridgehead atoms. The Morgan fingerprint density at radius 3 is 2.10 bits per heavy atom. The van der Waals surface area contributed by atoms with Gasteiger partial charge in [-0.2, -0.15) is 0 Å². The molecular weight excluding hydrogens is 376 g/mol. The van der Waals surface area contributed by atoms with Crippen LogP contribution in [-0.2, 0) is 14.3 Å². The highest BCUT2D eigenvalue weighted by Crippen LogP contribution is 2.29. The molecule has 0 aliphatic carbocycles. The number of aliphatic carboxylic acids is 2. The van der Waals surface area contributed by atoms with Gasteiger partial charge in [-0.25, -0.2) is 19.1 Å². The molecule has 0 spiro atoms. The van der Waals surface area contributed by atoms with Crippen molar-refractivity contribution < 1.29 is 34.5 Å². The summed E-state index contributed by atoms with van der Waals surface area (Å²) in [7, 11) is 0. The van der Waals surface area contributed by atoms with Crippen LogP contribution in [0.15, 0.2) is 4.99 Å². The van der Waals surface area contributed by atoms with Gasteiger partial charge in [-0.05, 0) is 13.3 Å². The number of carboxylic acid groups (broad SMARTS) is 2. The summed E-state index contributed by atoms with van der Waals surface area (Å²) in [4.78, 5) is 27.3. The third-order valence-corrected chi connectivity index (χ3v) is 5.89. The van der Waals surface area contributed by atoms with Crippen LogP contribution >= 0.6 is 0 Å². The molecule has 8 heteroatoms. The van der Waals surface area contributed by atoms with Crippen molar-refractivity contribution in [2.75, 3.05) is 19.7 Å². The SMILES string of the molecule is CCCCCCCCCCCC1=NCC[N+]1(C(C)OCC(=O)O)C(C)C(=O)O.[OH-]. The lowest BCUT2D eigenvalue weighted by molar-refractivity contribution is -0.898. The Labute approximate surface area is 174 Å². The zero-order chi connectivity index (χ0) is 21.0. The molecule has 0 fully saturated rings. The first-order valence-electron chi connectivity index (χ1n) is 10.8. The molecule has 0 aromatic carbocycles. The maximum atomic E-state index is 11.8. The maximum Gasteiger partial charge on any atom is 0.362 e. The Hall–Kier alpha value is -1.51. The van der Waals surface area contributed by atoms with Crippen LogP contribution < -0.4 is 0 Å². The first-order valence-corrected chi connectivity index (χ1v) is 10.8. The van der Waals surface area contributed by atoms with Gasteiger partial charge in [-0.1, -0.05) is 58.3 Å². The highest BCUT2D eigenvalue weighted by Gasteiger charge is 2.50. The molecule has 3 atom stereocenters. The van der Waals surface area contributed by atoms with Crippen molar-refractivity contribution in [1.29, 1.82) is 0 Å². The Morgan fingerprint density at radius 2 is 1.59 bits per heavy atom. The van der Waals surface area contributed by atoms with Gasteiger partial charge >= 0.3 is 11.9 Å². The summed E-state index contributed by atoms with van der Waals surface area (Å²) in [5.74, 6) is -1.12. The fourth-order valence-corrected chi connectivity index (χ4v) is 4.13. The van der Waals surface area contributed by atoms with Crippen LogP contribution in [0.1, 0.15) is 85.0 Å². The van der Waals surface area contributed by atoms with Crippen molar-refractivity contribution in [1.82, 2.24) is 0 Å². The molecule has 0 aromatic rings. The summed E-state index contributed by atoms with van der Waals surface area (Å²) in [6.07, 6.45) is 11.2. The third kappa shape index (κ3) is 8.40. The van der Waals surface area contributed by atoms with Crippen LogP contribution in [0.2, 0.25) is 0 Å². The smallest absolute Gasteiger partial charge is 0.362 e. The molecule has 8 nitrogen and oxygen atoms in total. The van der Waals surface area contributed by atoms with E-state index in [1.807, 2.05) is 0 Å². The second-order valence-electron chi connectivity index (χ2n) is 7.85. The highest BCUT2D eigenvalue weighted by atomic mass is 16.5. The number of nitrogens with zero attached hydrogens (tertiary/aromatic N) is 2. The number of ether oxygens (including phenoxy) is 1. The average Bonchev–Trinajstić information content (AvgIpc) is 3.08. The molecule has 1 aliphatic heterocycles. The number of hydrogen-bond acceptors (Lipinski definition) is 5. The summed E-state index contributed by atoms with van der Waals surface area (Å²) in [6, 6.07) is -0.719. The van der Waals surface area contributed by atoms with Crippen LogP contribution in [0.5, 0.6) is 0 Å². The van der Waals surface area contributed by atoms with Crippen molar-refractivity contribution in [3.8, 4) is 0 Å². The van der Waals surface area contributed by atoms with E-state index in [1.165, 1.54) is 44.9 Å². The van der Waals surface area contributed by atoms with Crippen molar-refractivity contribution in [2.45, 2.75) is 97.2 Å². The Balaban J connectivity index is 0.00000784. The standard InChI is InChI=1S/C21H38N2O5.H2O/c1-4-5-6-7-8-9-10-11-12-13-19-22-14-15-23(19,17(2)21(26)27)18(3)28-16-20(24)25;/h17-18H,4-16H2,1-3H3,(H-,24,25,26,27);1H2. The minimum Gasteiger partial charge on any atom is -0.870 e. The minimum absolute atomic E-state index is 0. The number of carboxylic acids is 2. The van der Waals surface area contributed by atoms with E-state index in [2.05, 4.69) is 11.9 Å². The first-order chi connectivity index (χ1) is 13.4. The lowest BCUT2D eigenvalue weighted by atomic mass is 10.0. The summed E-state index contributed by atoms with van der Waals surface area (Å²) >= 11 is 0. The summed E-state index contributed by atoms with van der Waals surface area (Å²) in [6.45, 7) is 6.33. The van der Waals surface area contributed by atoms with Crippen LogP contribution in [0.25, 0.3) is 0 Å². The van der Waals surface area contributed by atoms with E-state index >= 15 is 0 Å². The lowest BCUT2D eigenvalue weighted by Gasteiger charge is -2.42. The van der Waals surface area contributed by atoms with Crippen LogP contribution in [0.4, 0.5) is 0 Å². The van der Waals surface area contributed by atoms with Crippen molar-refractivity contribution in [3.63, 3.8) is 0 Å². The van der Waals surface area contributed by atoms with Gasteiger partial charge in [0.1, 0.15) is 6.54 Å². The van der Waals surface area contributed by atoms with Gasteiger partial charge in [0.15, 0.2) is 18.9 Å². The predicted octanol–water partition coefficient (Wildman–Crippen LogP) is 3.88. The zero-order valence-corrected chi connectivity index (χ0v) is 18.3. The number of aliphatic imine (C=N–C) groups is 1. The second kappa shape index (κ2) is 14.5. The second-order valence-corrected chi connectivity index (χ2v) is 7.85. The van der Waals surface area contributed by atoms with Crippen LogP contribution in [0.3, 0.4) is 0 Å². The van der Waals surface area contributed by atoms with E-state index in [1.54, 1.807) is 13.8 Å². The molecule has 0 aromatic heterocycles.